The lowest BCUT2D eigenvalue weighted by Crippen LogP contribution is -2.16. The summed E-state index contributed by atoms with van der Waals surface area (Å²) in [5.74, 6) is 3.26. The van der Waals surface area contributed by atoms with E-state index in [4.69, 9.17) is 0 Å². The lowest BCUT2D eigenvalue weighted by Gasteiger charge is -2.03. The summed E-state index contributed by atoms with van der Waals surface area (Å²) < 4.78 is 4.62. The highest BCUT2D eigenvalue weighted by Gasteiger charge is 2.06. The van der Waals surface area contributed by atoms with E-state index in [-0.39, 0.29) is 5.97 Å². The van der Waals surface area contributed by atoms with Crippen molar-refractivity contribution in [1.29, 1.82) is 0 Å². The molecule has 0 unspecified atom stereocenters. The predicted octanol–water partition coefficient (Wildman–Crippen LogP) is 5.33. The van der Waals surface area contributed by atoms with Crippen molar-refractivity contribution in [3.63, 3.8) is 0 Å². The standard InChI is InChI=1S/C18H34O2Si/c1-20-18(19)16-14-12-10-8-6-5-7-9-11-13-15-17-21(2,3)4/h5-14,16H2,1-4H3. The van der Waals surface area contributed by atoms with Gasteiger partial charge in [-0.3, -0.25) is 4.79 Å². The number of hydrogen-bond donors (Lipinski definition) is 0. The number of hydrogen-bond acceptors (Lipinski definition) is 2. The molecular formula is C18H34O2Si. The van der Waals surface area contributed by atoms with Crippen LogP contribution >= 0.6 is 0 Å². The molecule has 122 valence electrons. The van der Waals surface area contributed by atoms with Gasteiger partial charge in [-0.15, -0.1) is 11.5 Å². The van der Waals surface area contributed by atoms with Gasteiger partial charge in [-0.2, -0.15) is 0 Å². The van der Waals surface area contributed by atoms with Crippen molar-refractivity contribution < 1.29 is 9.53 Å². The zero-order valence-corrected chi connectivity index (χ0v) is 15.6. The van der Waals surface area contributed by atoms with E-state index in [1.54, 1.807) is 0 Å². The molecule has 0 spiro atoms. The molecule has 0 N–H and O–H groups in total. The number of unbranched alkanes of at least 4 members (excludes halogenated alkanes) is 9. The number of carbonyl (C=O) groups is 1. The number of rotatable bonds is 11. The normalized spacial score (nSPS) is 10.9. The van der Waals surface area contributed by atoms with Crippen molar-refractivity contribution in [2.45, 2.75) is 90.3 Å². The fourth-order valence-corrected chi connectivity index (χ4v) is 2.81. The quantitative estimate of drug-likeness (QED) is 0.223. The minimum absolute atomic E-state index is 0.0766. The maximum Gasteiger partial charge on any atom is 0.305 e. The average Bonchev–Trinajstić information content (AvgIpc) is 2.42. The number of esters is 1. The molecule has 0 aromatic rings. The van der Waals surface area contributed by atoms with E-state index in [1.165, 1.54) is 52.1 Å². The van der Waals surface area contributed by atoms with Gasteiger partial charge >= 0.3 is 5.97 Å². The van der Waals surface area contributed by atoms with E-state index in [1.807, 2.05) is 0 Å². The SMILES string of the molecule is COC(=O)CCCCCCCCCCCC#C[Si](C)(C)C. The number of ether oxygens (including phenoxy) is 1. The molecule has 21 heavy (non-hydrogen) atoms. The van der Waals surface area contributed by atoms with Crippen LogP contribution < -0.4 is 0 Å². The minimum atomic E-state index is -1.15. The third-order valence-electron chi connectivity index (χ3n) is 3.37. The molecule has 0 fully saturated rings. The smallest absolute Gasteiger partial charge is 0.305 e. The Hall–Kier alpha value is -0.753. The van der Waals surface area contributed by atoms with Crippen LogP contribution in [0.1, 0.15) is 70.6 Å². The van der Waals surface area contributed by atoms with Gasteiger partial charge in [0.15, 0.2) is 0 Å². The molecule has 0 aliphatic heterocycles. The lowest BCUT2D eigenvalue weighted by atomic mass is 10.1. The molecule has 0 aromatic heterocycles. The molecule has 0 rings (SSSR count). The molecule has 3 heteroatoms. The van der Waals surface area contributed by atoms with Crippen LogP contribution in [0.15, 0.2) is 0 Å². The van der Waals surface area contributed by atoms with E-state index in [9.17, 15) is 4.79 Å². The molecule has 0 saturated carbocycles. The fourth-order valence-electron chi connectivity index (χ4n) is 2.15. The Labute approximate surface area is 133 Å². The van der Waals surface area contributed by atoms with Crippen LogP contribution in [0.25, 0.3) is 0 Å². The van der Waals surface area contributed by atoms with Crippen LogP contribution in [0, 0.1) is 11.5 Å². The Morgan fingerprint density at radius 2 is 1.33 bits per heavy atom. The first kappa shape index (κ1) is 20.2. The van der Waals surface area contributed by atoms with Gasteiger partial charge in [0.2, 0.25) is 0 Å². The Bertz CT molecular complexity index is 320. The van der Waals surface area contributed by atoms with Gasteiger partial charge in [0.05, 0.1) is 7.11 Å². The van der Waals surface area contributed by atoms with Crippen molar-refractivity contribution in [1.82, 2.24) is 0 Å². The van der Waals surface area contributed by atoms with Crippen LogP contribution in [0.2, 0.25) is 19.6 Å². The first-order valence-corrected chi connectivity index (χ1v) is 12.0. The number of carbonyl (C=O) groups excluding carboxylic acids is 1. The topological polar surface area (TPSA) is 26.3 Å². The molecular weight excluding hydrogens is 276 g/mol. The Morgan fingerprint density at radius 1 is 0.857 bits per heavy atom. The minimum Gasteiger partial charge on any atom is -0.469 e. The van der Waals surface area contributed by atoms with Crippen molar-refractivity contribution in [2.75, 3.05) is 7.11 Å². The zero-order chi connectivity index (χ0) is 16.0. The molecule has 0 atom stereocenters. The molecule has 0 amide bonds. The first-order valence-electron chi connectivity index (χ1n) is 8.52. The van der Waals surface area contributed by atoms with Crippen LogP contribution in [-0.4, -0.2) is 21.2 Å². The second kappa shape index (κ2) is 12.9. The maximum absolute atomic E-state index is 10.9. The highest BCUT2D eigenvalue weighted by atomic mass is 28.3. The van der Waals surface area contributed by atoms with Crippen molar-refractivity contribution in [2.24, 2.45) is 0 Å². The molecule has 0 saturated heterocycles. The van der Waals surface area contributed by atoms with Crippen LogP contribution in [0.4, 0.5) is 0 Å². The first-order chi connectivity index (χ1) is 9.95. The molecule has 0 aromatic carbocycles. The summed E-state index contributed by atoms with van der Waals surface area (Å²) >= 11 is 0. The number of methoxy groups -OCH3 is 1. The van der Waals surface area contributed by atoms with Crippen LogP contribution in [-0.2, 0) is 9.53 Å². The van der Waals surface area contributed by atoms with Crippen LogP contribution in [0.3, 0.4) is 0 Å². The van der Waals surface area contributed by atoms with E-state index >= 15 is 0 Å². The lowest BCUT2D eigenvalue weighted by molar-refractivity contribution is -0.140. The summed E-state index contributed by atoms with van der Waals surface area (Å²) in [6, 6.07) is 0. The molecule has 0 radical (unpaired) electrons. The Kier molecular flexibility index (Phi) is 12.5. The molecule has 2 nitrogen and oxygen atoms in total. The van der Waals surface area contributed by atoms with Crippen LogP contribution in [0.5, 0.6) is 0 Å². The highest BCUT2D eigenvalue weighted by molar-refractivity contribution is 6.83. The van der Waals surface area contributed by atoms with Crippen molar-refractivity contribution >= 4 is 14.0 Å². The summed E-state index contributed by atoms with van der Waals surface area (Å²) in [5.41, 5.74) is 3.42. The third kappa shape index (κ3) is 17.2. The second-order valence-electron chi connectivity index (χ2n) is 6.81. The summed E-state index contributed by atoms with van der Waals surface area (Å²) in [5, 5.41) is 0. The molecule has 0 aliphatic carbocycles. The van der Waals surface area contributed by atoms with Gasteiger partial charge in [0.1, 0.15) is 8.07 Å². The third-order valence-corrected chi connectivity index (χ3v) is 4.30. The highest BCUT2D eigenvalue weighted by Crippen LogP contribution is 2.11. The molecule has 0 bridgehead atoms. The van der Waals surface area contributed by atoms with Crippen molar-refractivity contribution in [3.8, 4) is 11.5 Å². The molecule has 0 aliphatic rings. The Balaban J connectivity index is 3.19. The maximum atomic E-state index is 10.9. The van der Waals surface area contributed by atoms with Gasteiger partial charge in [0.25, 0.3) is 0 Å². The second-order valence-corrected chi connectivity index (χ2v) is 11.6. The van der Waals surface area contributed by atoms with E-state index in [0.717, 1.165) is 19.3 Å². The van der Waals surface area contributed by atoms with Crippen molar-refractivity contribution in [3.05, 3.63) is 0 Å². The monoisotopic (exact) mass is 310 g/mol. The van der Waals surface area contributed by atoms with Gasteiger partial charge in [0, 0.05) is 12.8 Å². The Morgan fingerprint density at radius 3 is 1.81 bits per heavy atom. The summed E-state index contributed by atoms with van der Waals surface area (Å²) in [6.45, 7) is 6.89. The summed E-state index contributed by atoms with van der Waals surface area (Å²) in [7, 11) is 0.303. The van der Waals surface area contributed by atoms with E-state index < -0.39 is 8.07 Å². The van der Waals surface area contributed by atoms with Gasteiger partial charge in [-0.05, 0) is 12.8 Å². The fraction of sp³-hybridized carbons (Fsp3) is 0.833. The largest absolute Gasteiger partial charge is 0.469 e. The van der Waals surface area contributed by atoms with E-state index in [2.05, 4.69) is 35.8 Å². The van der Waals surface area contributed by atoms with Gasteiger partial charge < -0.3 is 4.74 Å². The zero-order valence-electron chi connectivity index (χ0n) is 14.6. The summed E-state index contributed by atoms with van der Waals surface area (Å²) in [4.78, 5) is 10.9. The predicted molar refractivity (Wildman–Crippen MR) is 93.9 cm³/mol. The van der Waals surface area contributed by atoms with Gasteiger partial charge in [-0.1, -0.05) is 64.6 Å². The van der Waals surface area contributed by atoms with Gasteiger partial charge in [-0.25, -0.2) is 0 Å². The van der Waals surface area contributed by atoms with E-state index in [0.29, 0.717) is 6.42 Å². The molecule has 0 heterocycles. The average molecular weight is 311 g/mol. The summed E-state index contributed by atoms with van der Waals surface area (Å²) in [6.07, 6.45) is 12.9.